The maximum atomic E-state index is 12.4. The summed E-state index contributed by atoms with van der Waals surface area (Å²) in [6.45, 7) is 2.53. The van der Waals surface area contributed by atoms with E-state index in [1.165, 1.54) is 32.1 Å². The van der Waals surface area contributed by atoms with E-state index in [4.69, 9.17) is 0 Å². The van der Waals surface area contributed by atoms with Gasteiger partial charge in [0.05, 0.1) is 12.2 Å². The highest BCUT2D eigenvalue weighted by Gasteiger charge is 2.32. The fourth-order valence-corrected chi connectivity index (χ4v) is 5.40. The molecule has 1 N–H and O–H groups in total. The predicted molar refractivity (Wildman–Crippen MR) is 92.8 cm³/mol. The number of fused-ring (bicyclic) bond motifs is 3. The van der Waals surface area contributed by atoms with Crippen molar-refractivity contribution in [1.29, 1.82) is 0 Å². The minimum absolute atomic E-state index is 0.0445. The second-order valence-electron chi connectivity index (χ2n) is 6.41. The fourth-order valence-electron chi connectivity index (χ4n) is 3.79. The first-order chi connectivity index (χ1) is 10.8. The van der Waals surface area contributed by atoms with Crippen LogP contribution in [0.3, 0.4) is 0 Å². The molecule has 1 aromatic rings. The smallest absolute Gasteiger partial charge is 0.280 e. The van der Waals surface area contributed by atoms with Gasteiger partial charge in [0.2, 0.25) is 0 Å². The van der Waals surface area contributed by atoms with Crippen molar-refractivity contribution < 1.29 is 0 Å². The molecule has 4 rings (SSSR count). The molecule has 0 bridgehead atoms. The van der Waals surface area contributed by atoms with Crippen LogP contribution < -0.4 is 10.9 Å². The molecule has 0 aromatic carbocycles. The molecule has 1 unspecified atom stereocenters. The third-order valence-electron chi connectivity index (χ3n) is 4.97. The molecule has 3 heterocycles. The van der Waals surface area contributed by atoms with Gasteiger partial charge >= 0.3 is 0 Å². The molecule has 1 aliphatic carbocycles. The predicted octanol–water partition coefficient (Wildman–Crippen LogP) is 2.63. The number of halogens is 1. The van der Waals surface area contributed by atoms with Gasteiger partial charge in [0.15, 0.2) is 5.16 Å². The van der Waals surface area contributed by atoms with E-state index in [-0.39, 0.29) is 5.56 Å². The lowest BCUT2D eigenvalue weighted by atomic mass is 9.94. The molecule has 120 valence electrons. The van der Waals surface area contributed by atoms with E-state index in [1.54, 1.807) is 11.8 Å². The normalized spacial score (nSPS) is 25.6. The molecule has 0 saturated heterocycles. The van der Waals surface area contributed by atoms with Crippen LogP contribution in [-0.2, 0) is 13.1 Å². The lowest BCUT2D eigenvalue weighted by molar-refractivity contribution is 0.151. The fraction of sp³-hybridized carbons (Fsp3) is 0.733. The van der Waals surface area contributed by atoms with E-state index in [2.05, 4.69) is 35.7 Å². The number of hydrogen-bond donors (Lipinski definition) is 1. The molecule has 1 fully saturated rings. The molecule has 1 saturated carbocycles. The number of nitrogens with zero attached hydrogens (tertiary/aromatic N) is 3. The van der Waals surface area contributed by atoms with Crippen LogP contribution in [0.5, 0.6) is 0 Å². The third kappa shape index (κ3) is 2.61. The summed E-state index contributed by atoms with van der Waals surface area (Å²) in [5.41, 5.74) is 0.813. The van der Waals surface area contributed by atoms with Gasteiger partial charge in [-0.2, -0.15) is 4.98 Å². The number of anilines is 1. The Morgan fingerprint density at radius 3 is 2.91 bits per heavy atom. The van der Waals surface area contributed by atoms with E-state index in [9.17, 15) is 4.79 Å². The SMILES string of the molecule is O=c1nc2n(c3c1CN(C1CCCCC1)CN3)CC(CBr)S2. The van der Waals surface area contributed by atoms with Crippen molar-refractivity contribution in [2.24, 2.45) is 0 Å². The molecule has 0 spiro atoms. The Balaban J connectivity index is 1.62. The Morgan fingerprint density at radius 2 is 2.14 bits per heavy atom. The standard InChI is InChI=1S/C15H21BrN4OS/c16-6-11-7-20-13-12(14(21)18-15(20)22-11)8-19(9-17-13)10-4-2-1-3-5-10/h10-11,17H,1-9H2. The lowest BCUT2D eigenvalue weighted by Crippen LogP contribution is -2.45. The topological polar surface area (TPSA) is 50.2 Å². The van der Waals surface area contributed by atoms with Crippen molar-refractivity contribution in [3.05, 3.63) is 15.9 Å². The number of rotatable bonds is 2. The number of alkyl halides is 1. The number of thioether (sulfide) groups is 1. The van der Waals surface area contributed by atoms with Crippen molar-refractivity contribution in [1.82, 2.24) is 14.5 Å². The first kappa shape index (κ1) is 15.0. The van der Waals surface area contributed by atoms with Crippen molar-refractivity contribution in [3.8, 4) is 0 Å². The van der Waals surface area contributed by atoms with Crippen molar-refractivity contribution >= 4 is 33.5 Å². The molecule has 22 heavy (non-hydrogen) atoms. The molecular formula is C15H21BrN4OS. The van der Waals surface area contributed by atoms with Crippen LogP contribution in [0.2, 0.25) is 0 Å². The van der Waals surface area contributed by atoms with Crippen LogP contribution in [0.15, 0.2) is 9.95 Å². The van der Waals surface area contributed by atoms with E-state index in [0.717, 1.165) is 41.6 Å². The second-order valence-corrected chi connectivity index (χ2v) is 8.32. The molecule has 0 radical (unpaired) electrons. The first-order valence-corrected chi connectivity index (χ1v) is 10.1. The third-order valence-corrected chi connectivity index (χ3v) is 7.36. The summed E-state index contributed by atoms with van der Waals surface area (Å²) in [5, 5.41) is 5.78. The van der Waals surface area contributed by atoms with Gasteiger partial charge in [-0.05, 0) is 12.8 Å². The highest BCUT2D eigenvalue weighted by Crippen LogP contribution is 2.36. The summed E-state index contributed by atoms with van der Waals surface area (Å²) in [6.07, 6.45) is 6.52. The van der Waals surface area contributed by atoms with Crippen LogP contribution in [0.4, 0.5) is 5.82 Å². The Labute approximate surface area is 143 Å². The Morgan fingerprint density at radius 1 is 1.32 bits per heavy atom. The lowest BCUT2D eigenvalue weighted by Gasteiger charge is -2.38. The zero-order valence-electron chi connectivity index (χ0n) is 12.6. The van der Waals surface area contributed by atoms with E-state index >= 15 is 0 Å². The summed E-state index contributed by atoms with van der Waals surface area (Å²) in [4.78, 5) is 19.2. The van der Waals surface area contributed by atoms with E-state index < -0.39 is 0 Å². The van der Waals surface area contributed by atoms with E-state index in [0.29, 0.717) is 11.3 Å². The van der Waals surface area contributed by atoms with Gasteiger partial charge in [0.1, 0.15) is 5.82 Å². The summed E-state index contributed by atoms with van der Waals surface area (Å²) in [5.74, 6) is 1.01. The largest absolute Gasteiger partial charge is 0.358 e. The Bertz CT molecular complexity index is 629. The Kier molecular flexibility index (Phi) is 4.21. The number of aromatic nitrogens is 2. The molecule has 3 aliphatic rings. The average molecular weight is 385 g/mol. The van der Waals surface area contributed by atoms with Crippen LogP contribution >= 0.6 is 27.7 Å². The second kappa shape index (κ2) is 6.17. The molecule has 1 atom stereocenters. The molecule has 0 amide bonds. The zero-order valence-corrected chi connectivity index (χ0v) is 15.0. The van der Waals surface area contributed by atoms with Gasteiger partial charge in [-0.3, -0.25) is 9.69 Å². The molecule has 1 aromatic heterocycles. The van der Waals surface area contributed by atoms with Crippen molar-refractivity contribution in [2.45, 2.75) is 61.6 Å². The quantitative estimate of drug-likeness (QED) is 0.627. The van der Waals surface area contributed by atoms with Gasteiger partial charge in [-0.1, -0.05) is 47.0 Å². The van der Waals surface area contributed by atoms with Gasteiger partial charge < -0.3 is 9.88 Å². The number of hydrogen-bond acceptors (Lipinski definition) is 5. The van der Waals surface area contributed by atoms with Crippen LogP contribution in [0.25, 0.3) is 0 Å². The average Bonchev–Trinajstić information content (AvgIpc) is 2.98. The molecule has 7 heteroatoms. The monoisotopic (exact) mass is 384 g/mol. The van der Waals surface area contributed by atoms with Gasteiger partial charge in [-0.25, -0.2) is 0 Å². The van der Waals surface area contributed by atoms with Gasteiger partial charge in [0.25, 0.3) is 5.56 Å². The zero-order chi connectivity index (χ0) is 15.1. The minimum Gasteiger partial charge on any atom is -0.358 e. The summed E-state index contributed by atoms with van der Waals surface area (Å²) >= 11 is 5.25. The van der Waals surface area contributed by atoms with Crippen LogP contribution in [0.1, 0.15) is 37.7 Å². The Hall–Kier alpha value is -0.530. The van der Waals surface area contributed by atoms with E-state index in [1.807, 2.05) is 0 Å². The maximum absolute atomic E-state index is 12.4. The highest BCUT2D eigenvalue weighted by atomic mass is 79.9. The van der Waals surface area contributed by atoms with Crippen LogP contribution in [0, 0.1) is 0 Å². The van der Waals surface area contributed by atoms with Crippen molar-refractivity contribution in [3.63, 3.8) is 0 Å². The highest BCUT2D eigenvalue weighted by molar-refractivity contribution is 9.09. The summed E-state index contributed by atoms with van der Waals surface area (Å²) in [7, 11) is 0. The van der Waals surface area contributed by atoms with Crippen LogP contribution in [-0.4, -0.2) is 37.7 Å². The molecule has 5 nitrogen and oxygen atoms in total. The van der Waals surface area contributed by atoms with Crippen molar-refractivity contribution in [2.75, 3.05) is 17.3 Å². The van der Waals surface area contributed by atoms with Gasteiger partial charge in [0, 0.05) is 29.7 Å². The molecular weight excluding hydrogens is 364 g/mol. The first-order valence-electron chi connectivity index (χ1n) is 8.10. The summed E-state index contributed by atoms with van der Waals surface area (Å²) < 4.78 is 2.20. The number of nitrogens with one attached hydrogen (secondary N) is 1. The van der Waals surface area contributed by atoms with Gasteiger partial charge in [-0.15, -0.1) is 0 Å². The maximum Gasteiger partial charge on any atom is 0.280 e. The summed E-state index contributed by atoms with van der Waals surface area (Å²) in [6, 6.07) is 0.622. The minimum atomic E-state index is -0.0445. The molecule has 2 aliphatic heterocycles.